The summed E-state index contributed by atoms with van der Waals surface area (Å²) in [6, 6.07) is 18.7. The second-order valence-electron chi connectivity index (χ2n) is 7.68. The number of aliphatic hydroxyl groups excluding tert-OH is 1. The molecule has 2 aromatic carbocycles. The van der Waals surface area contributed by atoms with Crippen molar-refractivity contribution >= 4 is 11.6 Å². The van der Waals surface area contributed by atoms with Crippen LogP contribution in [0.2, 0.25) is 0 Å². The number of benzene rings is 2. The number of likely N-dealkylation sites (N-methyl/N-ethyl adjacent to an activating group) is 1. The standard InChI is InChI=1S/C23H31N3O2/c1-3-14-24-23(28)19-9-11-20(12-10-19)25(2)22(18-7-5-4-6-8-18)17-26-15-13-21(27)16-26/h4-12,21-22,27H,3,13-17H2,1-2H3,(H,24,28)/p+1/t21-,22+/m0/s1. The van der Waals surface area contributed by atoms with E-state index in [0.29, 0.717) is 12.1 Å². The van der Waals surface area contributed by atoms with Gasteiger partial charge in [-0.3, -0.25) is 14.6 Å². The normalized spacial score (nSPS) is 19.3. The molecule has 0 saturated carbocycles. The van der Waals surface area contributed by atoms with Gasteiger partial charge in [0, 0.05) is 30.8 Å². The molecule has 5 heteroatoms. The maximum absolute atomic E-state index is 12.2. The summed E-state index contributed by atoms with van der Waals surface area (Å²) in [4.78, 5) is 15.8. The minimum Gasteiger partial charge on any atom is -0.392 e. The Labute approximate surface area is 168 Å². The highest BCUT2D eigenvalue weighted by molar-refractivity contribution is 5.94. The van der Waals surface area contributed by atoms with Crippen LogP contribution >= 0.6 is 0 Å². The lowest BCUT2D eigenvalue weighted by Gasteiger charge is -2.29. The number of aliphatic hydroxyl groups is 1. The Morgan fingerprint density at radius 1 is 1.21 bits per heavy atom. The van der Waals surface area contributed by atoms with Crippen molar-refractivity contribution in [2.45, 2.75) is 31.9 Å². The number of nitrogens with zero attached hydrogens (tertiary/aromatic N) is 1. The molecule has 1 aliphatic rings. The highest BCUT2D eigenvalue weighted by Gasteiger charge is 2.29. The number of β-amino-alcohol motifs (C(OH)–C–C–N with tert-alkyl or cyclic N) is 1. The summed E-state index contributed by atoms with van der Waals surface area (Å²) in [6.45, 7) is 5.32. The molecule has 0 aromatic heterocycles. The molecule has 1 amide bonds. The van der Waals surface area contributed by atoms with Crippen LogP contribution in [0.1, 0.15) is 41.7 Å². The van der Waals surface area contributed by atoms with E-state index in [1.54, 1.807) is 0 Å². The van der Waals surface area contributed by atoms with Crippen molar-refractivity contribution in [2.75, 3.05) is 33.2 Å². The first-order chi connectivity index (χ1) is 13.6. The van der Waals surface area contributed by atoms with Gasteiger partial charge >= 0.3 is 0 Å². The first-order valence-electron chi connectivity index (χ1n) is 10.3. The molecule has 1 heterocycles. The lowest BCUT2D eigenvalue weighted by molar-refractivity contribution is -0.845. The number of nitrogens with one attached hydrogen (secondary N) is 2. The molecule has 0 bridgehead atoms. The Kier molecular flexibility index (Phi) is 7.20. The van der Waals surface area contributed by atoms with E-state index in [1.807, 2.05) is 37.3 Å². The van der Waals surface area contributed by atoms with E-state index in [4.69, 9.17) is 0 Å². The number of carbonyl (C=O) groups excluding carboxylic acids is 1. The van der Waals surface area contributed by atoms with Crippen LogP contribution in [0.25, 0.3) is 0 Å². The lowest BCUT2D eigenvalue weighted by atomic mass is 10.0. The predicted octanol–water partition coefficient (Wildman–Crippen LogP) is 1.78. The highest BCUT2D eigenvalue weighted by atomic mass is 16.3. The van der Waals surface area contributed by atoms with Crippen LogP contribution in [0.5, 0.6) is 0 Å². The molecule has 150 valence electrons. The molecule has 1 aliphatic heterocycles. The molecule has 3 rings (SSSR count). The SMILES string of the molecule is CCCNC(=O)c1ccc([NH+](C)[C@H](CN2CC[C@H](O)C2)c2ccccc2)cc1. The third-order valence-electron chi connectivity index (χ3n) is 5.55. The second-order valence-corrected chi connectivity index (χ2v) is 7.68. The van der Waals surface area contributed by atoms with Crippen molar-refractivity contribution < 1.29 is 14.8 Å². The Hall–Kier alpha value is -2.21. The smallest absolute Gasteiger partial charge is 0.251 e. The molecule has 0 aliphatic carbocycles. The van der Waals surface area contributed by atoms with Crippen LogP contribution in [0.15, 0.2) is 54.6 Å². The Morgan fingerprint density at radius 2 is 1.93 bits per heavy atom. The van der Waals surface area contributed by atoms with E-state index in [-0.39, 0.29) is 18.1 Å². The van der Waals surface area contributed by atoms with Gasteiger partial charge in [0.2, 0.25) is 0 Å². The van der Waals surface area contributed by atoms with Crippen LogP contribution in [0, 0.1) is 0 Å². The molecule has 3 N–H and O–H groups in total. The number of carbonyl (C=O) groups is 1. The van der Waals surface area contributed by atoms with E-state index in [9.17, 15) is 9.90 Å². The minimum absolute atomic E-state index is 0.0169. The first-order valence-corrected chi connectivity index (χ1v) is 10.3. The minimum atomic E-state index is -0.211. The van der Waals surface area contributed by atoms with E-state index >= 15 is 0 Å². The first kappa shape index (κ1) is 20.5. The maximum atomic E-state index is 12.2. The average molecular weight is 383 g/mol. The van der Waals surface area contributed by atoms with Crippen molar-refractivity contribution in [2.24, 2.45) is 0 Å². The Balaban J connectivity index is 1.76. The van der Waals surface area contributed by atoms with Gasteiger partial charge in [0.05, 0.1) is 19.7 Å². The van der Waals surface area contributed by atoms with Crippen molar-refractivity contribution in [3.8, 4) is 0 Å². The van der Waals surface area contributed by atoms with E-state index in [0.717, 1.165) is 38.2 Å². The molecule has 0 radical (unpaired) electrons. The Morgan fingerprint density at radius 3 is 2.54 bits per heavy atom. The molecule has 2 aromatic rings. The maximum Gasteiger partial charge on any atom is 0.251 e. The molecular formula is C23H32N3O2+. The fourth-order valence-electron chi connectivity index (χ4n) is 3.84. The average Bonchev–Trinajstić information content (AvgIpc) is 3.15. The van der Waals surface area contributed by atoms with Gasteiger partial charge < -0.3 is 10.4 Å². The Bertz CT molecular complexity index is 748. The summed E-state index contributed by atoms with van der Waals surface area (Å²) in [5.74, 6) is -0.0169. The number of amides is 1. The van der Waals surface area contributed by atoms with Crippen molar-refractivity contribution in [1.29, 1.82) is 0 Å². The van der Waals surface area contributed by atoms with Crippen molar-refractivity contribution in [3.63, 3.8) is 0 Å². The fourth-order valence-corrected chi connectivity index (χ4v) is 3.84. The third kappa shape index (κ3) is 5.19. The molecule has 0 spiro atoms. The van der Waals surface area contributed by atoms with Crippen molar-refractivity contribution in [3.05, 3.63) is 65.7 Å². The molecule has 28 heavy (non-hydrogen) atoms. The predicted molar refractivity (Wildman–Crippen MR) is 112 cm³/mol. The second kappa shape index (κ2) is 9.82. The van der Waals surface area contributed by atoms with Gasteiger partial charge in [-0.25, -0.2) is 0 Å². The van der Waals surface area contributed by atoms with Gasteiger partial charge in [0.15, 0.2) is 0 Å². The largest absolute Gasteiger partial charge is 0.392 e. The van der Waals surface area contributed by atoms with Gasteiger partial charge in [0.25, 0.3) is 5.91 Å². The van der Waals surface area contributed by atoms with Gasteiger partial charge in [-0.15, -0.1) is 0 Å². The van der Waals surface area contributed by atoms with E-state index in [2.05, 4.69) is 41.5 Å². The molecule has 1 unspecified atom stereocenters. The zero-order valence-corrected chi connectivity index (χ0v) is 16.9. The molecular weight excluding hydrogens is 350 g/mol. The summed E-state index contributed by atoms with van der Waals surface area (Å²) in [5.41, 5.74) is 3.13. The summed E-state index contributed by atoms with van der Waals surface area (Å²) in [7, 11) is 2.18. The van der Waals surface area contributed by atoms with Crippen LogP contribution in [-0.4, -0.2) is 55.2 Å². The van der Waals surface area contributed by atoms with Crippen molar-refractivity contribution in [1.82, 2.24) is 10.2 Å². The number of hydrogen-bond acceptors (Lipinski definition) is 3. The number of likely N-dealkylation sites (tertiary alicyclic amines) is 1. The van der Waals surface area contributed by atoms with Gasteiger partial charge in [-0.05, 0) is 37.1 Å². The number of quaternary nitrogens is 1. The van der Waals surface area contributed by atoms with Gasteiger partial charge in [-0.1, -0.05) is 37.3 Å². The third-order valence-corrected chi connectivity index (χ3v) is 5.55. The van der Waals surface area contributed by atoms with E-state index in [1.165, 1.54) is 10.5 Å². The van der Waals surface area contributed by atoms with Crippen LogP contribution in [-0.2, 0) is 0 Å². The molecule has 1 fully saturated rings. The number of hydrogen-bond donors (Lipinski definition) is 3. The van der Waals surface area contributed by atoms with Gasteiger partial charge in [-0.2, -0.15) is 0 Å². The highest BCUT2D eigenvalue weighted by Crippen LogP contribution is 2.18. The molecule has 3 atom stereocenters. The monoisotopic (exact) mass is 382 g/mol. The topological polar surface area (TPSA) is 57.0 Å². The zero-order chi connectivity index (χ0) is 19.9. The summed E-state index contributed by atoms with van der Waals surface area (Å²) >= 11 is 0. The number of rotatable bonds is 8. The summed E-state index contributed by atoms with van der Waals surface area (Å²) in [5, 5.41) is 12.8. The fraction of sp³-hybridized carbons (Fsp3) is 0.435. The molecule has 5 nitrogen and oxygen atoms in total. The quantitative estimate of drug-likeness (QED) is 0.652. The molecule has 1 saturated heterocycles. The summed E-state index contributed by atoms with van der Waals surface area (Å²) < 4.78 is 0. The van der Waals surface area contributed by atoms with Crippen LogP contribution in [0.4, 0.5) is 5.69 Å². The lowest BCUT2D eigenvalue weighted by Crippen LogP contribution is -3.05. The summed E-state index contributed by atoms with van der Waals surface area (Å²) in [6.07, 6.45) is 1.57. The van der Waals surface area contributed by atoms with Gasteiger partial charge in [0.1, 0.15) is 11.7 Å². The van der Waals surface area contributed by atoms with E-state index < -0.39 is 0 Å². The van der Waals surface area contributed by atoms with Crippen LogP contribution in [0.3, 0.4) is 0 Å². The van der Waals surface area contributed by atoms with Crippen LogP contribution < -0.4 is 10.2 Å². The zero-order valence-electron chi connectivity index (χ0n) is 16.9.